The highest BCUT2D eigenvalue weighted by atomic mass is 35.5. The minimum Gasteiger partial charge on any atom is -0.467 e. The van der Waals surface area contributed by atoms with Gasteiger partial charge in [0.1, 0.15) is 17.0 Å². The summed E-state index contributed by atoms with van der Waals surface area (Å²) in [6, 6.07) is 16.1. The van der Waals surface area contributed by atoms with Crippen LogP contribution in [0.2, 0.25) is 5.15 Å². The number of amides is 1. The van der Waals surface area contributed by atoms with E-state index in [-0.39, 0.29) is 17.1 Å². The van der Waals surface area contributed by atoms with E-state index in [0.29, 0.717) is 11.3 Å². The van der Waals surface area contributed by atoms with E-state index >= 15 is 0 Å². The molecule has 22 heavy (non-hydrogen) atoms. The lowest BCUT2D eigenvalue weighted by Crippen LogP contribution is -2.29. The molecule has 2 heterocycles. The van der Waals surface area contributed by atoms with E-state index in [1.165, 1.54) is 0 Å². The van der Waals surface area contributed by atoms with Gasteiger partial charge in [-0.25, -0.2) is 4.98 Å². The molecule has 0 aliphatic carbocycles. The monoisotopic (exact) mass is 312 g/mol. The number of nitrogens with zero attached hydrogens (tertiary/aromatic N) is 1. The number of nitrogens with one attached hydrogen (secondary N) is 1. The van der Waals surface area contributed by atoms with E-state index in [0.717, 1.165) is 5.56 Å². The molecule has 1 aromatic carbocycles. The molecule has 1 N–H and O–H groups in total. The molecule has 0 saturated heterocycles. The van der Waals surface area contributed by atoms with Crippen molar-refractivity contribution >= 4 is 17.5 Å². The standard InChI is InChI=1S/C17H13ClN2O2/c18-16-13(8-4-10-19-16)17(21)20-15(14-9-5-11-22-14)12-6-2-1-3-7-12/h1-11,15H,(H,20,21). The van der Waals surface area contributed by atoms with Gasteiger partial charge in [-0.2, -0.15) is 0 Å². The highest BCUT2D eigenvalue weighted by Gasteiger charge is 2.21. The normalized spacial score (nSPS) is 11.9. The molecule has 0 aliphatic rings. The zero-order valence-corrected chi connectivity index (χ0v) is 12.3. The van der Waals surface area contributed by atoms with Gasteiger partial charge in [0, 0.05) is 6.20 Å². The van der Waals surface area contributed by atoms with Crippen molar-refractivity contribution in [3.8, 4) is 0 Å². The molecule has 4 nitrogen and oxygen atoms in total. The quantitative estimate of drug-likeness (QED) is 0.744. The molecular formula is C17H13ClN2O2. The maximum atomic E-state index is 12.5. The highest BCUT2D eigenvalue weighted by molar-refractivity contribution is 6.32. The Morgan fingerprint density at radius 3 is 2.59 bits per heavy atom. The summed E-state index contributed by atoms with van der Waals surface area (Å²) in [4.78, 5) is 16.4. The molecule has 5 heteroatoms. The first kappa shape index (κ1) is 14.4. The van der Waals surface area contributed by atoms with Crippen molar-refractivity contribution in [2.24, 2.45) is 0 Å². The molecule has 0 radical (unpaired) electrons. The van der Waals surface area contributed by atoms with E-state index in [1.54, 1.807) is 30.7 Å². The number of benzene rings is 1. The third kappa shape index (κ3) is 3.02. The van der Waals surface area contributed by atoms with Crippen LogP contribution in [-0.2, 0) is 0 Å². The number of furan rings is 1. The van der Waals surface area contributed by atoms with Crippen molar-refractivity contribution in [3.05, 3.63) is 89.1 Å². The predicted molar refractivity (Wildman–Crippen MR) is 83.7 cm³/mol. The third-order valence-electron chi connectivity index (χ3n) is 3.24. The van der Waals surface area contributed by atoms with Gasteiger partial charge in [0.2, 0.25) is 0 Å². The average Bonchev–Trinajstić information content (AvgIpc) is 3.08. The van der Waals surface area contributed by atoms with Gasteiger partial charge in [-0.3, -0.25) is 4.79 Å². The van der Waals surface area contributed by atoms with Crippen LogP contribution in [0.15, 0.2) is 71.5 Å². The van der Waals surface area contributed by atoms with E-state index in [2.05, 4.69) is 10.3 Å². The Hall–Kier alpha value is -2.59. The van der Waals surface area contributed by atoms with Crippen LogP contribution < -0.4 is 5.32 Å². The Balaban J connectivity index is 1.91. The van der Waals surface area contributed by atoms with Gasteiger partial charge in [-0.15, -0.1) is 0 Å². The summed E-state index contributed by atoms with van der Waals surface area (Å²) in [6.45, 7) is 0. The Labute approximate surface area is 132 Å². The van der Waals surface area contributed by atoms with Crippen molar-refractivity contribution in [1.82, 2.24) is 10.3 Å². The minimum absolute atomic E-state index is 0.172. The largest absolute Gasteiger partial charge is 0.467 e. The van der Waals surface area contributed by atoms with Crippen molar-refractivity contribution in [2.45, 2.75) is 6.04 Å². The first-order valence-electron chi connectivity index (χ1n) is 6.75. The zero-order valence-electron chi connectivity index (χ0n) is 11.6. The Kier molecular flexibility index (Phi) is 4.21. The number of carbonyl (C=O) groups excluding carboxylic acids is 1. The summed E-state index contributed by atoms with van der Waals surface area (Å²) in [6.07, 6.45) is 3.12. The Bertz CT molecular complexity index is 757. The van der Waals surface area contributed by atoms with Crippen LogP contribution in [0, 0.1) is 0 Å². The lowest BCUT2D eigenvalue weighted by Gasteiger charge is -2.17. The second-order valence-electron chi connectivity index (χ2n) is 4.67. The Morgan fingerprint density at radius 2 is 1.91 bits per heavy atom. The molecule has 1 amide bonds. The number of pyridine rings is 1. The minimum atomic E-state index is -0.389. The summed E-state index contributed by atoms with van der Waals surface area (Å²) in [5.74, 6) is 0.350. The fourth-order valence-corrected chi connectivity index (χ4v) is 2.39. The van der Waals surface area contributed by atoms with Crippen LogP contribution in [-0.4, -0.2) is 10.9 Å². The topological polar surface area (TPSA) is 55.1 Å². The maximum absolute atomic E-state index is 12.5. The molecule has 0 bridgehead atoms. The molecule has 3 rings (SSSR count). The molecule has 3 aromatic rings. The van der Waals surface area contributed by atoms with Crippen LogP contribution in [0.5, 0.6) is 0 Å². The Morgan fingerprint density at radius 1 is 1.09 bits per heavy atom. The van der Waals surface area contributed by atoms with Gasteiger partial charge in [-0.1, -0.05) is 41.9 Å². The van der Waals surface area contributed by atoms with Crippen molar-refractivity contribution in [1.29, 1.82) is 0 Å². The predicted octanol–water partition coefficient (Wildman–Crippen LogP) is 3.85. The fraction of sp³-hybridized carbons (Fsp3) is 0.0588. The zero-order chi connectivity index (χ0) is 15.4. The SMILES string of the molecule is O=C(NC(c1ccccc1)c1ccco1)c1cccnc1Cl. The lowest BCUT2D eigenvalue weighted by atomic mass is 10.0. The number of hydrogen-bond donors (Lipinski definition) is 1. The molecule has 1 unspecified atom stereocenters. The van der Waals surface area contributed by atoms with E-state index in [1.807, 2.05) is 36.4 Å². The first-order valence-corrected chi connectivity index (χ1v) is 7.13. The van der Waals surface area contributed by atoms with Gasteiger partial charge in [0.15, 0.2) is 0 Å². The van der Waals surface area contributed by atoms with Gasteiger partial charge in [0.05, 0.1) is 11.8 Å². The molecule has 0 saturated carbocycles. The summed E-state index contributed by atoms with van der Waals surface area (Å²) >= 11 is 5.98. The number of halogens is 1. The summed E-state index contributed by atoms with van der Waals surface area (Å²) in [5.41, 5.74) is 1.25. The molecule has 110 valence electrons. The summed E-state index contributed by atoms with van der Waals surface area (Å²) in [5, 5.41) is 3.11. The summed E-state index contributed by atoms with van der Waals surface area (Å²) < 4.78 is 5.45. The van der Waals surface area contributed by atoms with Crippen LogP contribution >= 0.6 is 11.6 Å². The molecule has 0 spiro atoms. The van der Waals surface area contributed by atoms with Crippen LogP contribution in [0.1, 0.15) is 27.7 Å². The van der Waals surface area contributed by atoms with Crippen molar-refractivity contribution in [3.63, 3.8) is 0 Å². The van der Waals surface area contributed by atoms with Crippen LogP contribution in [0.3, 0.4) is 0 Å². The van der Waals surface area contributed by atoms with Crippen molar-refractivity contribution in [2.75, 3.05) is 0 Å². The molecular weight excluding hydrogens is 300 g/mol. The van der Waals surface area contributed by atoms with Gasteiger partial charge in [-0.05, 0) is 29.8 Å². The highest BCUT2D eigenvalue weighted by Crippen LogP contribution is 2.23. The first-order chi connectivity index (χ1) is 10.8. The third-order valence-corrected chi connectivity index (χ3v) is 3.54. The average molecular weight is 313 g/mol. The number of carbonyl (C=O) groups is 1. The second kappa shape index (κ2) is 6.45. The molecule has 0 fully saturated rings. The van der Waals surface area contributed by atoms with E-state index < -0.39 is 0 Å². The fourth-order valence-electron chi connectivity index (χ4n) is 2.18. The lowest BCUT2D eigenvalue weighted by molar-refractivity contribution is 0.0939. The number of rotatable bonds is 4. The molecule has 1 atom stereocenters. The molecule has 0 aliphatic heterocycles. The van der Waals surface area contributed by atoms with Crippen LogP contribution in [0.4, 0.5) is 0 Å². The van der Waals surface area contributed by atoms with Gasteiger partial charge in [0.25, 0.3) is 5.91 Å². The summed E-state index contributed by atoms with van der Waals surface area (Å²) in [7, 11) is 0. The number of hydrogen-bond acceptors (Lipinski definition) is 3. The smallest absolute Gasteiger partial charge is 0.255 e. The van der Waals surface area contributed by atoms with Crippen molar-refractivity contribution < 1.29 is 9.21 Å². The second-order valence-corrected chi connectivity index (χ2v) is 5.03. The van der Waals surface area contributed by atoms with E-state index in [4.69, 9.17) is 16.0 Å². The van der Waals surface area contributed by atoms with Gasteiger partial charge >= 0.3 is 0 Å². The van der Waals surface area contributed by atoms with Gasteiger partial charge < -0.3 is 9.73 Å². The van der Waals surface area contributed by atoms with Crippen LogP contribution in [0.25, 0.3) is 0 Å². The number of aromatic nitrogens is 1. The van der Waals surface area contributed by atoms with E-state index in [9.17, 15) is 4.79 Å². The maximum Gasteiger partial charge on any atom is 0.255 e. The molecule has 2 aromatic heterocycles.